The van der Waals surface area contributed by atoms with E-state index in [2.05, 4.69) is 0 Å². The van der Waals surface area contributed by atoms with Gasteiger partial charge in [-0.25, -0.2) is 8.78 Å². The minimum atomic E-state index is -0.810. The summed E-state index contributed by atoms with van der Waals surface area (Å²) in [6.07, 6.45) is 1.48. The maximum atomic E-state index is 13.6. The molecular weight excluding hydrogens is 198 g/mol. The molecule has 1 aromatic carbocycles. The molecule has 1 aromatic rings. The normalized spacial score (nSPS) is 30.8. The quantitative estimate of drug-likeness (QED) is 0.759. The van der Waals surface area contributed by atoms with Gasteiger partial charge in [-0.15, -0.1) is 0 Å². The van der Waals surface area contributed by atoms with Crippen molar-refractivity contribution in [1.82, 2.24) is 0 Å². The van der Waals surface area contributed by atoms with E-state index in [1.165, 1.54) is 6.07 Å². The Morgan fingerprint density at radius 1 is 1.40 bits per heavy atom. The molecule has 0 saturated heterocycles. The predicted octanol–water partition coefficient (Wildman–Crippen LogP) is 2.77. The first kappa shape index (κ1) is 10.6. The topological polar surface area (TPSA) is 20.2 Å². The van der Waals surface area contributed by atoms with E-state index in [9.17, 15) is 13.9 Å². The van der Waals surface area contributed by atoms with Gasteiger partial charge in [-0.2, -0.15) is 0 Å². The van der Waals surface area contributed by atoms with Crippen molar-refractivity contribution in [3.63, 3.8) is 0 Å². The molecule has 1 N–H and O–H groups in total. The Hall–Kier alpha value is -0.960. The summed E-state index contributed by atoms with van der Waals surface area (Å²) in [6.45, 7) is 1.88. The molecule has 1 fully saturated rings. The Morgan fingerprint density at radius 2 is 2.13 bits per heavy atom. The van der Waals surface area contributed by atoms with Gasteiger partial charge in [0, 0.05) is 0 Å². The van der Waals surface area contributed by atoms with Gasteiger partial charge in [-0.1, -0.05) is 19.1 Å². The minimum absolute atomic E-state index is 0.388. The summed E-state index contributed by atoms with van der Waals surface area (Å²) in [5.74, 6) is -1.58. The standard InChI is InChI=1S/C12H14F2O/c1-12(6-5-8(15)7-12)9-3-2-4-10(13)11(9)14/h2-4,8,15H,5-7H2,1H3. The summed E-state index contributed by atoms with van der Waals surface area (Å²) in [4.78, 5) is 0. The van der Waals surface area contributed by atoms with Crippen LogP contribution in [0.25, 0.3) is 0 Å². The van der Waals surface area contributed by atoms with Crippen LogP contribution in [-0.4, -0.2) is 11.2 Å². The highest BCUT2D eigenvalue weighted by Gasteiger charge is 2.37. The minimum Gasteiger partial charge on any atom is -0.393 e. The van der Waals surface area contributed by atoms with Crippen molar-refractivity contribution in [2.75, 3.05) is 0 Å². The van der Waals surface area contributed by atoms with Crippen LogP contribution in [0.15, 0.2) is 18.2 Å². The molecule has 82 valence electrons. The first-order chi connectivity index (χ1) is 7.03. The smallest absolute Gasteiger partial charge is 0.162 e. The van der Waals surface area contributed by atoms with Gasteiger partial charge in [-0.3, -0.25) is 0 Å². The van der Waals surface area contributed by atoms with Gasteiger partial charge in [0.1, 0.15) is 0 Å². The zero-order valence-electron chi connectivity index (χ0n) is 8.63. The highest BCUT2D eigenvalue weighted by Crippen LogP contribution is 2.41. The Bertz CT molecular complexity index is 378. The van der Waals surface area contributed by atoms with Crippen molar-refractivity contribution in [2.45, 2.75) is 37.7 Å². The van der Waals surface area contributed by atoms with E-state index in [0.717, 1.165) is 6.07 Å². The maximum absolute atomic E-state index is 13.6. The molecular formula is C12H14F2O. The fourth-order valence-corrected chi connectivity index (χ4v) is 2.42. The third kappa shape index (κ3) is 1.76. The number of hydrogen-bond donors (Lipinski definition) is 1. The molecule has 1 aliphatic carbocycles. The highest BCUT2D eigenvalue weighted by atomic mass is 19.2. The lowest BCUT2D eigenvalue weighted by Crippen LogP contribution is -2.21. The maximum Gasteiger partial charge on any atom is 0.162 e. The van der Waals surface area contributed by atoms with E-state index in [0.29, 0.717) is 24.8 Å². The second-order valence-electron chi connectivity index (χ2n) is 4.56. The van der Waals surface area contributed by atoms with Gasteiger partial charge < -0.3 is 5.11 Å². The zero-order chi connectivity index (χ0) is 11.1. The van der Waals surface area contributed by atoms with Crippen LogP contribution in [0, 0.1) is 11.6 Å². The number of hydrogen-bond acceptors (Lipinski definition) is 1. The largest absolute Gasteiger partial charge is 0.393 e. The van der Waals surface area contributed by atoms with Crippen LogP contribution in [0.3, 0.4) is 0 Å². The number of aliphatic hydroxyl groups excluding tert-OH is 1. The highest BCUT2D eigenvalue weighted by molar-refractivity contribution is 5.28. The Labute approximate surface area is 87.7 Å². The molecule has 0 heterocycles. The molecule has 2 unspecified atom stereocenters. The van der Waals surface area contributed by atoms with Gasteiger partial charge in [0.05, 0.1) is 6.10 Å². The van der Waals surface area contributed by atoms with Crippen LogP contribution < -0.4 is 0 Å². The summed E-state index contributed by atoms with van der Waals surface area (Å²) >= 11 is 0. The molecule has 0 bridgehead atoms. The predicted molar refractivity (Wildman–Crippen MR) is 53.6 cm³/mol. The second-order valence-corrected chi connectivity index (χ2v) is 4.56. The summed E-state index contributed by atoms with van der Waals surface area (Å²) in [7, 11) is 0. The van der Waals surface area contributed by atoms with E-state index in [-0.39, 0.29) is 0 Å². The zero-order valence-corrected chi connectivity index (χ0v) is 8.63. The fourth-order valence-electron chi connectivity index (χ4n) is 2.42. The molecule has 3 heteroatoms. The van der Waals surface area contributed by atoms with E-state index < -0.39 is 23.2 Å². The summed E-state index contributed by atoms with van der Waals surface area (Å²) in [6, 6.07) is 4.24. The molecule has 1 aliphatic rings. The van der Waals surface area contributed by atoms with E-state index in [1.807, 2.05) is 6.92 Å². The monoisotopic (exact) mass is 212 g/mol. The lowest BCUT2D eigenvalue weighted by Gasteiger charge is -2.24. The molecule has 0 aliphatic heterocycles. The van der Waals surface area contributed by atoms with Gasteiger partial charge in [0.25, 0.3) is 0 Å². The molecule has 2 rings (SSSR count). The van der Waals surface area contributed by atoms with Crippen LogP contribution >= 0.6 is 0 Å². The molecule has 1 saturated carbocycles. The SMILES string of the molecule is CC1(c2cccc(F)c2F)CCC(O)C1. The first-order valence-electron chi connectivity index (χ1n) is 5.15. The molecule has 0 spiro atoms. The summed E-state index contributed by atoms with van der Waals surface area (Å²) in [5, 5.41) is 9.47. The van der Waals surface area contributed by atoms with Crippen molar-refractivity contribution >= 4 is 0 Å². The summed E-state index contributed by atoms with van der Waals surface area (Å²) < 4.78 is 26.6. The van der Waals surface area contributed by atoms with Crippen LogP contribution in [0.1, 0.15) is 31.7 Å². The van der Waals surface area contributed by atoms with Crippen LogP contribution in [-0.2, 0) is 5.41 Å². The molecule has 0 radical (unpaired) electrons. The third-order valence-electron chi connectivity index (χ3n) is 3.32. The van der Waals surface area contributed by atoms with E-state index in [1.54, 1.807) is 6.07 Å². The van der Waals surface area contributed by atoms with Gasteiger partial charge in [0.15, 0.2) is 11.6 Å². The molecule has 1 nitrogen and oxygen atoms in total. The van der Waals surface area contributed by atoms with E-state index >= 15 is 0 Å². The number of rotatable bonds is 1. The van der Waals surface area contributed by atoms with Gasteiger partial charge >= 0.3 is 0 Å². The second kappa shape index (κ2) is 3.56. The third-order valence-corrected chi connectivity index (χ3v) is 3.32. The number of halogens is 2. The average Bonchev–Trinajstić information content (AvgIpc) is 2.52. The average molecular weight is 212 g/mol. The number of benzene rings is 1. The Morgan fingerprint density at radius 3 is 2.73 bits per heavy atom. The Balaban J connectivity index is 2.41. The lowest BCUT2D eigenvalue weighted by atomic mass is 9.80. The van der Waals surface area contributed by atoms with Crippen molar-refractivity contribution in [1.29, 1.82) is 0 Å². The van der Waals surface area contributed by atoms with Gasteiger partial charge in [0.2, 0.25) is 0 Å². The van der Waals surface area contributed by atoms with Gasteiger partial charge in [-0.05, 0) is 36.3 Å². The molecule has 15 heavy (non-hydrogen) atoms. The first-order valence-corrected chi connectivity index (χ1v) is 5.15. The van der Waals surface area contributed by atoms with Crippen molar-refractivity contribution in [2.24, 2.45) is 0 Å². The van der Waals surface area contributed by atoms with E-state index in [4.69, 9.17) is 0 Å². The number of aliphatic hydroxyl groups is 1. The van der Waals surface area contributed by atoms with Crippen LogP contribution in [0.2, 0.25) is 0 Å². The van der Waals surface area contributed by atoms with Crippen molar-refractivity contribution in [3.05, 3.63) is 35.4 Å². The van der Waals surface area contributed by atoms with Crippen molar-refractivity contribution < 1.29 is 13.9 Å². The molecule has 2 atom stereocenters. The lowest BCUT2D eigenvalue weighted by molar-refractivity contribution is 0.174. The van der Waals surface area contributed by atoms with Crippen molar-refractivity contribution in [3.8, 4) is 0 Å². The van der Waals surface area contributed by atoms with Crippen LogP contribution in [0.4, 0.5) is 8.78 Å². The summed E-state index contributed by atoms with van der Waals surface area (Å²) in [5.41, 5.74) is -0.0370. The fraction of sp³-hybridized carbons (Fsp3) is 0.500. The molecule has 0 aromatic heterocycles. The Kier molecular flexibility index (Phi) is 2.51. The molecule has 0 amide bonds. The van der Waals surface area contributed by atoms with Crippen LogP contribution in [0.5, 0.6) is 0 Å².